The Labute approximate surface area is 149 Å². The van der Waals surface area contributed by atoms with E-state index in [9.17, 15) is 9.59 Å². The summed E-state index contributed by atoms with van der Waals surface area (Å²) in [7, 11) is 0. The first-order chi connectivity index (χ1) is 12.1. The van der Waals surface area contributed by atoms with Gasteiger partial charge in [-0.25, -0.2) is 0 Å². The second kappa shape index (κ2) is 6.26. The number of hydrogen-bond donors (Lipinski definition) is 2. The predicted molar refractivity (Wildman–Crippen MR) is 95.5 cm³/mol. The maximum absolute atomic E-state index is 12.7. The van der Waals surface area contributed by atoms with Crippen molar-refractivity contribution in [3.05, 3.63) is 64.8 Å². The summed E-state index contributed by atoms with van der Waals surface area (Å²) in [5.41, 5.74) is 2.69. The van der Waals surface area contributed by atoms with Crippen LogP contribution >= 0.6 is 11.6 Å². The minimum atomic E-state index is -0.261. The van der Waals surface area contributed by atoms with Gasteiger partial charge in [0.2, 0.25) is 5.91 Å². The van der Waals surface area contributed by atoms with Crippen LogP contribution in [0, 0.1) is 0 Å². The van der Waals surface area contributed by atoms with Gasteiger partial charge < -0.3 is 15.4 Å². The van der Waals surface area contributed by atoms with Gasteiger partial charge >= 0.3 is 0 Å². The lowest BCUT2D eigenvalue weighted by atomic mass is 9.92. The molecule has 0 aromatic heterocycles. The monoisotopic (exact) mass is 354 g/mol. The first kappa shape index (κ1) is 15.7. The molecular weight excluding hydrogens is 340 g/mol. The van der Waals surface area contributed by atoms with E-state index in [1.165, 1.54) is 0 Å². The molecule has 2 aromatic rings. The van der Waals surface area contributed by atoms with Crippen molar-refractivity contribution < 1.29 is 14.3 Å². The summed E-state index contributed by atoms with van der Waals surface area (Å²) in [5, 5.41) is 5.87. The highest BCUT2D eigenvalue weighted by molar-refractivity contribution is 6.36. The van der Waals surface area contributed by atoms with Crippen LogP contribution in [0.15, 0.2) is 48.7 Å². The number of rotatable bonds is 3. The van der Waals surface area contributed by atoms with E-state index in [4.69, 9.17) is 16.3 Å². The topological polar surface area (TPSA) is 67.4 Å². The fourth-order valence-electron chi connectivity index (χ4n) is 3.06. The summed E-state index contributed by atoms with van der Waals surface area (Å²) < 4.78 is 5.60. The summed E-state index contributed by atoms with van der Waals surface area (Å²) in [6, 6.07) is 12.7. The van der Waals surface area contributed by atoms with Gasteiger partial charge in [0.15, 0.2) is 0 Å². The number of amides is 2. The van der Waals surface area contributed by atoms with Gasteiger partial charge in [-0.15, -0.1) is 0 Å². The van der Waals surface area contributed by atoms with Gasteiger partial charge in [-0.05, 0) is 24.6 Å². The molecule has 2 aromatic carbocycles. The molecule has 0 saturated carbocycles. The molecule has 2 N–H and O–H groups in total. The van der Waals surface area contributed by atoms with Gasteiger partial charge in [0.1, 0.15) is 5.75 Å². The Bertz CT molecular complexity index is 907. The molecule has 4 rings (SSSR count). The Morgan fingerprint density at radius 3 is 2.80 bits per heavy atom. The third-order valence-corrected chi connectivity index (χ3v) is 4.71. The van der Waals surface area contributed by atoms with Gasteiger partial charge in [0.05, 0.1) is 23.1 Å². The molecule has 126 valence electrons. The number of para-hydroxylation sites is 1. The maximum atomic E-state index is 12.7. The average molecular weight is 355 g/mol. The summed E-state index contributed by atoms with van der Waals surface area (Å²) in [6.45, 7) is 0.512. The molecule has 0 fully saturated rings. The number of hydrogen-bond acceptors (Lipinski definition) is 3. The molecule has 1 unspecified atom stereocenters. The third-order valence-electron chi connectivity index (χ3n) is 4.39. The number of benzene rings is 2. The summed E-state index contributed by atoms with van der Waals surface area (Å²) in [4.78, 5) is 24.1. The second-order valence-electron chi connectivity index (χ2n) is 5.94. The van der Waals surface area contributed by atoms with Crippen LogP contribution in [0.4, 0.5) is 5.69 Å². The molecule has 2 heterocycles. The minimum Gasteiger partial charge on any atom is -0.493 e. The number of fused-ring (bicyclic) bond motifs is 1. The van der Waals surface area contributed by atoms with Crippen LogP contribution in [0.25, 0.3) is 5.57 Å². The van der Waals surface area contributed by atoms with Crippen molar-refractivity contribution in [2.45, 2.75) is 12.3 Å². The third kappa shape index (κ3) is 2.87. The lowest BCUT2D eigenvalue weighted by molar-refractivity contribution is -0.118. The van der Waals surface area contributed by atoms with E-state index in [1.54, 1.807) is 24.4 Å². The Kier molecular flexibility index (Phi) is 3.93. The van der Waals surface area contributed by atoms with E-state index in [-0.39, 0.29) is 17.7 Å². The molecule has 0 radical (unpaired) electrons. The van der Waals surface area contributed by atoms with Crippen LogP contribution in [0.5, 0.6) is 5.75 Å². The Morgan fingerprint density at radius 2 is 2.08 bits per heavy atom. The summed E-state index contributed by atoms with van der Waals surface area (Å²) >= 11 is 6.26. The van der Waals surface area contributed by atoms with Crippen LogP contribution < -0.4 is 15.4 Å². The van der Waals surface area contributed by atoms with Gasteiger partial charge in [-0.3, -0.25) is 9.59 Å². The molecule has 2 aliphatic rings. The quantitative estimate of drug-likeness (QED) is 0.888. The standard InChI is InChI=1S/C19H15ClN2O3/c20-16-9-11(5-6-12(16)15-10-21-18(15)23)22-19(24)14-7-8-25-17-4-2-1-3-13(14)17/h1-6,9-10,14H,7-8H2,(H,21,23)(H,22,24). The van der Waals surface area contributed by atoms with Crippen LogP contribution in [0.1, 0.15) is 23.5 Å². The highest BCUT2D eigenvalue weighted by atomic mass is 35.5. The van der Waals surface area contributed by atoms with Crippen LogP contribution in [-0.2, 0) is 9.59 Å². The van der Waals surface area contributed by atoms with Crippen molar-refractivity contribution in [1.82, 2.24) is 5.32 Å². The molecule has 0 spiro atoms. The predicted octanol–water partition coefficient (Wildman–Crippen LogP) is 3.32. The molecule has 6 heteroatoms. The Morgan fingerprint density at radius 1 is 1.24 bits per heavy atom. The van der Waals surface area contributed by atoms with Crippen molar-refractivity contribution >= 4 is 34.7 Å². The average Bonchev–Trinajstić information content (AvgIpc) is 2.62. The number of carbonyl (C=O) groups is 2. The molecule has 0 saturated heterocycles. The molecular formula is C19H15ClN2O3. The van der Waals surface area contributed by atoms with Gasteiger partial charge in [-0.2, -0.15) is 0 Å². The largest absolute Gasteiger partial charge is 0.493 e. The molecule has 0 bridgehead atoms. The molecule has 1 atom stereocenters. The van der Waals surface area contributed by atoms with Crippen molar-refractivity contribution in [3.8, 4) is 5.75 Å². The Balaban J connectivity index is 1.54. The highest BCUT2D eigenvalue weighted by Crippen LogP contribution is 2.35. The van der Waals surface area contributed by atoms with E-state index >= 15 is 0 Å². The van der Waals surface area contributed by atoms with E-state index in [0.717, 1.165) is 11.3 Å². The summed E-state index contributed by atoms with van der Waals surface area (Å²) in [5.74, 6) is 0.242. The maximum Gasteiger partial charge on any atom is 0.257 e. The zero-order valence-corrected chi connectivity index (χ0v) is 14.0. The van der Waals surface area contributed by atoms with E-state index in [0.29, 0.717) is 34.9 Å². The fourth-order valence-corrected chi connectivity index (χ4v) is 3.34. The van der Waals surface area contributed by atoms with Gasteiger partial charge in [0.25, 0.3) is 5.91 Å². The number of ether oxygens (including phenoxy) is 1. The first-order valence-electron chi connectivity index (χ1n) is 7.97. The lowest BCUT2D eigenvalue weighted by Gasteiger charge is -2.25. The Hall–Kier alpha value is -2.79. The van der Waals surface area contributed by atoms with Crippen molar-refractivity contribution in [3.63, 3.8) is 0 Å². The number of anilines is 1. The van der Waals surface area contributed by atoms with Crippen LogP contribution in [0.3, 0.4) is 0 Å². The fraction of sp³-hybridized carbons (Fsp3) is 0.158. The van der Waals surface area contributed by atoms with Gasteiger partial charge in [-0.1, -0.05) is 35.9 Å². The molecule has 2 amide bonds. The summed E-state index contributed by atoms with van der Waals surface area (Å²) in [6.07, 6.45) is 2.24. The van der Waals surface area contributed by atoms with Gasteiger partial charge in [0, 0.05) is 23.0 Å². The van der Waals surface area contributed by atoms with E-state index < -0.39 is 0 Å². The van der Waals surface area contributed by atoms with Crippen molar-refractivity contribution in [2.75, 3.05) is 11.9 Å². The highest BCUT2D eigenvalue weighted by Gasteiger charge is 2.28. The molecule has 0 aliphatic carbocycles. The van der Waals surface area contributed by atoms with Crippen LogP contribution in [0.2, 0.25) is 5.02 Å². The zero-order valence-electron chi connectivity index (χ0n) is 13.2. The lowest BCUT2D eigenvalue weighted by Crippen LogP contribution is -2.29. The van der Waals surface area contributed by atoms with E-state index in [2.05, 4.69) is 10.6 Å². The van der Waals surface area contributed by atoms with Crippen LogP contribution in [-0.4, -0.2) is 18.4 Å². The number of halogens is 1. The van der Waals surface area contributed by atoms with E-state index in [1.807, 2.05) is 24.3 Å². The second-order valence-corrected chi connectivity index (χ2v) is 6.35. The zero-order chi connectivity index (χ0) is 17.4. The molecule has 25 heavy (non-hydrogen) atoms. The first-order valence-corrected chi connectivity index (χ1v) is 8.35. The number of carbonyl (C=O) groups excluding carboxylic acids is 2. The van der Waals surface area contributed by atoms with Crippen molar-refractivity contribution in [1.29, 1.82) is 0 Å². The molecule has 2 aliphatic heterocycles. The number of nitrogens with one attached hydrogen (secondary N) is 2. The SMILES string of the molecule is O=C1NC=C1c1ccc(NC(=O)C2CCOc3ccccc32)cc1Cl. The smallest absolute Gasteiger partial charge is 0.257 e. The van der Waals surface area contributed by atoms with Crippen molar-refractivity contribution in [2.24, 2.45) is 0 Å². The normalized spacial score (nSPS) is 18.2. The molecule has 5 nitrogen and oxygen atoms in total. The minimum absolute atomic E-state index is 0.0971.